The lowest BCUT2D eigenvalue weighted by atomic mass is 10.4. The third-order valence-corrected chi connectivity index (χ3v) is 4.60. The number of rotatable bonds is 5. The summed E-state index contributed by atoms with van der Waals surface area (Å²) in [4.78, 5) is 12.2. The van der Waals surface area contributed by atoms with Crippen LogP contribution in [0.5, 0.6) is 0 Å². The molecule has 0 aromatic carbocycles. The Morgan fingerprint density at radius 3 is 2.84 bits per heavy atom. The van der Waals surface area contributed by atoms with E-state index in [2.05, 4.69) is 20.8 Å². The summed E-state index contributed by atoms with van der Waals surface area (Å²) in [5, 5.41) is 18.0. The third kappa shape index (κ3) is 3.81. The molecule has 0 aliphatic carbocycles. The van der Waals surface area contributed by atoms with Crippen molar-refractivity contribution in [3.63, 3.8) is 0 Å². The third-order valence-electron chi connectivity index (χ3n) is 2.07. The maximum Gasteiger partial charge on any atom is 0.247 e. The first-order valence-electron chi connectivity index (χ1n) is 5.04. The molecule has 2 aromatic heterocycles. The van der Waals surface area contributed by atoms with E-state index >= 15 is 0 Å². The van der Waals surface area contributed by atoms with Gasteiger partial charge in [-0.15, -0.1) is 16.4 Å². The fourth-order valence-corrected chi connectivity index (χ4v) is 2.97. The summed E-state index contributed by atoms with van der Waals surface area (Å²) in [6, 6.07) is 3.00. The van der Waals surface area contributed by atoms with E-state index in [4.69, 9.17) is 5.14 Å². The highest BCUT2D eigenvalue weighted by Gasteiger charge is 2.11. The van der Waals surface area contributed by atoms with Gasteiger partial charge in [-0.05, 0) is 22.6 Å². The first-order chi connectivity index (χ1) is 8.95. The highest BCUT2D eigenvalue weighted by atomic mass is 32.2. The van der Waals surface area contributed by atoms with E-state index in [1.165, 1.54) is 17.1 Å². The maximum atomic E-state index is 11.5. The second kappa shape index (κ2) is 5.42. The second-order valence-electron chi connectivity index (χ2n) is 3.55. The van der Waals surface area contributed by atoms with Gasteiger partial charge in [0.15, 0.2) is 0 Å². The van der Waals surface area contributed by atoms with Crippen molar-refractivity contribution >= 4 is 27.3 Å². The molecule has 0 fully saturated rings. The van der Waals surface area contributed by atoms with Gasteiger partial charge in [0.05, 0.1) is 6.54 Å². The number of thiophene rings is 1. The molecule has 2 aromatic rings. The van der Waals surface area contributed by atoms with Crippen molar-refractivity contribution in [3.05, 3.63) is 23.3 Å². The molecule has 11 heteroatoms. The number of tetrazole rings is 1. The van der Waals surface area contributed by atoms with Crippen molar-refractivity contribution in [1.82, 2.24) is 25.5 Å². The smallest absolute Gasteiger partial charge is 0.247 e. The molecular formula is C8H10N6O3S2. The molecule has 2 heterocycles. The summed E-state index contributed by atoms with van der Waals surface area (Å²) in [7, 11) is -3.69. The lowest BCUT2D eigenvalue weighted by molar-refractivity contribution is -0.122. The fraction of sp³-hybridized carbons (Fsp3) is 0.250. The Kier molecular flexibility index (Phi) is 3.87. The number of primary sulfonamides is 1. The number of hydrogen-bond acceptors (Lipinski definition) is 7. The second-order valence-corrected chi connectivity index (χ2v) is 6.51. The zero-order valence-corrected chi connectivity index (χ0v) is 11.2. The maximum absolute atomic E-state index is 11.5. The van der Waals surface area contributed by atoms with Crippen LogP contribution >= 0.6 is 11.3 Å². The van der Waals surface area contributed by atoms with Crippen LogP contribution in [0.3, 0.4) is 0 Å². The monoisotopic (exact) mass is 302 g/mol. The van der Waals surface area contributed by atoms with E-state index < -0.39 is 10.0 Å². The Labute approximate surface area is 112 Å². The van der Waals surface area contributed by atoms with E-state index in [0.29, 0.717) is 4.88 Å². The molecule has 102 valence electrons. The van der Waals surface area contributed by atoms with E-state index in [9.17, 15) is 13.2 Å². The molecule has 1 amide bonds. The molecule has 2 rings (SSSR count). The van der Waals surface area contributed by atoms with Crippen LogP contribution in [0.25, 0.3) is 0 Å². The minimum absolute atomic E-state index is 0.000417. The van der Waals surface area contributed by atoms with Crippen LogP contribution in [-0.4, -0.2) is 34.5 Å². The van der Waals surface area contributed by atoms with Crippen molar-refractivity contribution in [1.29, 1.82) is 0 Å². The molecule has 19 heavy (non-hydrogen) atoms. The normalized spacial score (nSPS) is 11.4. The number of hydrogen-bond donors (Lipinski definition) is 2. The van der Waals surface area contributed by atoms with Crippen LogP contribution in [-0.2, 0) is 27.9 Å². The van der Waals surface area contributed by atoms with E-state index in [0.717, 1.165) is 11.3 Å². The van der Waals surface area contributed by atoms with Crippen LogP contribution in [0.1, 0.15) is 4.88 Å². The summed E-state index contributed by atoms with van der Waals surface area (Å²) in [6.45, 7) is 0.224. The number of carbonyl (C=O) groups is 1. The minimum atomic E-state index is -3.69. The van der Waals surface area contributed by atoms with Crippen molar-refractivity contribution in [2.45, 2.75) is 17.3 Å². The molecule has 0 atom stereocenters. The standard InChI is InChI=1S/C8H10N6O3S2/c9-19(16,17)8-2-1-6(18-8)3-10-7(15)4-14-5-11-12-13-14/h1-2,5H,3-4H2,(H,10,15)(H2,9,16,17). The summed E-state index contributed by atoms with van der Waals surface area (Å²) < 4.78 is 23.5. The summed E-state index contributed by atoms with van der Waals surface area (Å²) >= 11 is 1.01. The number of sulfonamides is 1. The number of nitrogens with one attached hydrogen (secondary N) is 1. The first kappa shape index (κ1) is 13.6. The van der Waals surface area contributed by atoms with Gasteiger partial charge in [0.2, 0.25) is 15.9 Å². The van der Waals surface area contributed by atoms with Gasteiger partial charge in [-0.1, -0.05) is 0 Å². The molecule has 0 radical (unpaired) electrons. The number of amides is 1. The molecular weight excluding hydrogens is 292 g/mol. The number of nitrogens with two attached hydrogens (primary N) is 1. The lowest BCUT2D eigenvalue weighted by Gasteiger charge is -2.02. The lowest BCUT2D eigenvalue weighted by Crippen LogP contribution is -2.27. The van der Waals surface area contributed by atoms with Gasteiger partial charge in [0.25, 0.3) is 0 Å². The van der Waals surface area contributed by atoms with Gasteiger partial charge in [-0.25, -0.2) is 18.2 Å². The molecule has 0 bridgehead atoms. The SMILES string of the molecule is NS(=O)(=O)c1ccc(CNC(=O)Cn2cnnn2)s1. The van der Waals surface area contributed by atoms with Gasteiger partial charge in [-0.3, -0.25) is 4.79 Å². The zero-order chi connectivity index (χ0) is 13.9. The summed E-state index contributed by atoms with van der Waals surface area (Å²) in [6.07, 6.45) is 1.32. The average molecular weight is 302 g/mol. The van der Waals surface area contributed by atoms with Crippen molar-refractivity contribution < 1.29 is 13.2 Å². The Balaban J connectivity index is 1.89. The Morgan fingerprint density at radius 1 is 1.47 bits per heavy atom. The largest absolute Gasteiger partial charge is 0.350 e. The van der Waals surface area contributed by atoms with E-state index in [1.807, 2.05) is 0 Å². The van der Waals surface area contributed by atoms with Crippen LogP contribution in [0.15, 0.2) is 22.7 Å². The van der Waals surface area contributed by atoms with Crippen molar-refractivity contribution in [3.8, 4) is 0 Å². The molecule has 0 unspecified atom stereocenters. The van der Waals surface area contributed by atoms with E-state index in [-0.39, 0.29) is 23.2 Å². The molecule has 3 N–H and O–H groups in total. The Hall–Kier alpha value is -1.85. The Morgan fingerprint density at radius 2 is 2.26 bits per heavy atom. The molecule has 0 aliphatic heterocycles. The van der Waals surface area contributed by atoms with Gasteiger partial charge >= 0.3 is 0 Å². The van der Waals surface area contributed by atoms with E-state index in [1.54, 1.807) is 6.07 Å². The van der Waals surface area contributed by atoms with Gasteiger partial charge in [0.1, 0.15) is 17.1 Å². The van der Waals surface area contributed by atoms with Crippen molar-refractivity contribution in [2.24, 2.45) is 5.14 Å². The van der Waals surface area contributed by atoms with Crippen LogP contribution in [0.2, 0.25) is 0 Å². The van der Waals surface area contributed by atoms with Gasteiger partial charge in [-0.2, -0.15) is 0 Å². The molecule has 0 spiro atoms. The van der Waals surface area contributed by atoms with Crippen LogP contribution < -0.4 is 10.5 Å². The first-order valence-corrected chi connectivity index (χ1v) is 7.40. The average Bonchev–Trinajstić information content (AvgIpc) is 2.95. The molecule has 0 saturated heterocycles. The van der Waals surface area contributed by atoms with Gasteiger partial charge < -0.3 is 5.32 Å². The number of nitrogens with zero attached hydrogens (tertiary/aromatic N) is 4. The number of aromatic nitrogens is 4. The molecule has 9 nitrogen and oxygen atoms in total. The van der Waals surface area contributed by atoms with Crippen LogP contribution in [0, 0.1) is 0 Å². The highest BCUT2D eigenvalue weighted by Crippen LogP contribution is 2.19. The topological polar surface area (TPSA) is 133 Å². The molecule has 0 saturated carbocycles. The number of carbonyl (C=O) groups excluding carboxylic acids is 1. The van der Waals surface area contributed by atoms with Gasteiger partial charge in [0, 0.05) is 4.88 Å². The summed E-state index contributed by atoms with van der Waals surface area (Å²) in [5.74, 6) is -0.280. The highest BCUT2D eigenvalue weighted by molar-refractivity contribution is 7.91. The van der Waals surface area contributed by atoms with Crippen molar-refractivity contribution in [2.75, 3.05) is 0 Å². The Bertz CT molecular complexity index is 662. The predicted molar refractivity (Wildman–Crippen MR) is 65.4 cm³/mol. The summed E-state index contributed by atoms with van der Waals surface area (Å²) in [5.41, 5.74) is 0. The fourth-order valence-electron chi connectivity index (χ4n) is 1.25. The quantitative estimate of drug-likeness (QED) is 0.705. The molecule has 0 aliphatic rings. The zero-order valence-electron chi connectivity index (χ0n) is 9.55. The minimum Gasteiger partial charge on any atom is -0.350 e. The van der Waals surface area contributed by atoms with Crippen LogP contribution in [0.4, 0.5) is 0 Å². The predicted octanol–water partition coefficient (Wildman–Crippen LogP) is -1.30.